The number of rotatable bonds is 5. The second-order valence-corrected chi connectivity index (χ2v) is 4.06. The van der Waals surface area contributed by atoms with E-state index in [0.717, 1.165) is 5.56 Å². The van der Waals surface area contributed by atoms with Gasteiger partial charge in [-0.1, -0.05) is 18.2 Å². The first kappa shape index (κ1) is 12.7. The van der Waals surface area contributed by atoms with Gasteiger partial charge in [-0.25, -0.2) is 0 Å². The summed E-state index contributed by atoms with van der Waals surface area (Å²) in [6.45, 7) is 5.67. The van der Waals surface area contributed by atoms with Gasteiger partial charge in [-0.15, -0.1) is 0 Å². The molecular formula is C13H18N2O. The predicted molar refractivity (Wildman–Crippen MR) is 63.8 cm³/mol. The molecule has 0 radical (unpaired) electrons. The highest BCUT2D eigenvalue weighted by Gasteiger charge is 2.11. The lowest BCUT2D eigenvalue weighted by Gasteiger charge is -2.25. The van der Waals surface area contributed by atoms with Crippen molar-refractivity contribution in [2.75, 3.05) is 13.2 Å². The van der Waals surface area contributed by atoms with Crippen molar-refractivity contribution in [3.8, 4) is 6.07 Å². The number of hydrogen-bond acceptors (Lipinski definition) is 3. The number of hydrogen-bond donors (Lipinski definition) is 1. The number of aliphatic hydroxyl groups excluding tert-OH is 1. The van der Waals surface area contributed by atoms with E-state index in [0.29, 0.717) is 24.7 Å². The van der Waals surface area contributed by atoms with Crippen LogP contribution in [0.4, 0.5) is 0 Å². The minimum absolute atomic E-state index is 0.146. The van der Waals surface area contributed by atoms with E-state index >= 15 is 0 Å². The normalized spacial score (nSPS) is 10.8. The van der Waals surface area contributed by atoms with E-state index in [2.05, 4.69) is 24.8 Å². The van der Waals surface area contributed by atoms with Gasteiger partial charge in [0.15, 0.2) is 0 Å². The van der Waals surface area contributed by atoms with Gasteiger partial charge in [-0.2, -0.15) is 5.26 Å². The van der Waals surface area contributed by atoms with E-state index in [-0.39, 0.29) is 6.61 Å². The fourth-order valence-electron chi connectivity index (χ4n) is 1.63. The molecule has 0 aliphatic rings. The van der Waals surface area contributed by atoms with Gasteiger partial charge in [0, 0.05) is 19.1 Å². The molecule has 0 aliphatic carbocycles. The maximum atomic E-state index is 8.98. The Hall–Kier alpha value is -1.37. The summed E-state index contributed by atoms with van der Waals surface area (Å²) in [7, 11) is 0. The molecule has 1 N–H and O–H groups in total. The van der Waals surface area contributed by atoms with E-state index in [1.165, 1.54) is 0 Å². The molecule has 0 atom stereocenters. The topological polar surface area (TPSA) is 47.3 Å². The van der Waals surface area contributed by atoms with Crippen LogP contribution in [-0.4, -0.2) is 29.2 Å². The van der Waals surface area contributed by atoms with Crippen LogP contribution in [-0.2, 0) is 6.54 Å². The van der Waals surface area contributed by atoms with Crippen molar-refractivity contribution in [3.63, 3.8) is 0 Å². The summed E-state index contributed by atoms with van der Waals surface area (Å²) in [5.41, 5.74) is 1.73. The van der Waals surface area contributed by atoms with Crippen molar-refractivity contribution in [1.29, 1.82) is 5.26 Å². The van der Waals surface area contributed by atoms with Crippen LogP contribution in [0.25, 0.3) is 0 Å². The molecule has 0 fully saturated rings. The van der Waals surface area contributed by atoms with Gasteiger partial charge >= 0.3 is 0 Å². The molecule has 3 nitrogen and oxygen atoms in total. The maximum Gasteiger partial charge on any atom is 0.0995 e. The first-order chi connectivity index (χ1) is 7.69. The highest BCUT2D eigenvalue weighted by molar-refractivity contribution is 5.37. The zero-order valence-electron chi connectivity index (χ0n) is 9.85. The zero-order valence-corrected chi connectivity index (χ0v) is 9.85. The summed E-state index contributed by atoms with van der Waals surface area (Å²) in [5, 5.41) is 18.0. The lowest BCUT2D eigenvalue weighted by atomic mass is 10.1. The molecule has 0 aliphatic heterocycles. The second kappa shape index (κ2) is 6.26. The minimum Gasteiger partial charge on any atom is -0.395 e. The Morgan fingerprint density at radius 2 is 2.06 bits per heavy atom. The highest BCUT2D eigenvalue weighted by atomic mass is 16.3. The summed E-state index contributed by atoms with van der Waals surface area (Å²) in [4.78, 5) is 2.15. The summed E-state index contributed by atoms with van der Waals surface area (Å²) < 4.78 is 0. The van der Waals surface area contributed by atoms with Crippen molar-refractivity contribution in [1.82, 2.24) is 4.90 Å². The van der Waals surface area contributed by atoms with Gasteiger partial charge in [-0.3, -0.25) is 4.90 Å². The Kier molecular flexibility index (Phi) is 4.97. The smallest absolute Gasteiger partial charge is 0.0995 e. The Morgan fingerprint density at radius 1 is 1.38 bits per heavy atom. The van der Waals surface area contributed by atoms with Crippen LogP contribution >= 0.6 is 0 Å². The first-order valence-corrected chi connectivity index (χ1v) is 5.52. The first-order valence-electron chi connectivity index (χ1n) is 5.52. The molecule has 0 unspecified atom stereocenters. The lowest BCUT2D eigenvalue weighted by molar-refractivity contribution is 0.159. The molecule has 0 bridgehead atoms. The molecule has 86 valence electrons. The fourth-order valence-corrected chi connectivity index (χ4v) is 1.63. The molecule has 0 saturated heterocycles. The predicted octanol–water partition coefficient (Wildman–Crippen LogP) is 1.76. The van der Waals surface area contributed by atoms with E-state index in [9.17, 15) is 0 Å². The van der Waals surface area contributed by atoms with Crippen LogP contribution in [0.5, 0.6) is 0 Å². The Labute approximate surface area is 96.9 Å². The zero-order chi connectivity index (χ0) is 12.0. The fraction of sp³-hybridized carbons (Fsp3) is 0.462. The highest BCUT2D eigenvalue weighted by Crippen LogP contribution is 2.12. The SMILES string of the molecule is CC(C)N(CCO)Cc1ccccc1C#N. The molecule has 16 heavy (non-hydrogen) atoms. The average Bonchev–Trinajstić information content (AvgIpc) is 2.29. The van der Waals surface area contributed by atoms with Crippen LogP contribution in [0, 0.1) is 11.3 Å². The van der Waals surface area contributed by atoms with Crippen LogP contribution in [0.3, 0.4) is 0 Å². The van der Waals surface area contributed by atoms with Crippen molar-refractivity contribution < 1.29 is 5.11 Å². The molecule has 0 saturated carbocycles. The summed E-state index contributed by atoms with van der Waals surface area (Å²) in [6, 6.07) is 10.1. The molecule has 0 amide bonds. The van der Waals surface area contributed by atoms with Crippen molar-refractivity contribution >= 4 is 0 Å². The van der Waals surface area contributed by atoms with E-state index < -0.39 is 0 Å². The van der Waals surface area contributed by atoms with Crippen LogP contribution in [0.1, 0.15) is 25.0 Å². The van der Waals surface area contributed by atoms with Gasteiger partial charge in [0.05, 0.1) is 18.2 Å². The van der Waals surface area contributed by atoms with Crippen LogP contribution in [0.15, 0.2) is 24.3 Å². The third kappa shape index (κ3) is 3.34. The minimum atomic E-state index is 0.146. The summed E-state index contributed by atoms with van der Waals surface area (Å²) in [6.07, 6.45) is 0. The second-order valence-electron chi connectivity index (χ2n) is 4.06. The quantitative estimate of drug-likeness (QED) is 0.819. The lowest BCUT2D eigenvalue weighted by Crippen LogP contribution is -2.33. The molecule has 1 aromatic rings. The Bertz CT molecular complexity index is 368. The van der Waals surface area contributed by atoms with Gasteiger partial charge < -0.3 is 5.11 Å². The molecule has 0 spiro atoms. The third-order valence-corrected chi connectivity index (χ3v) is 2.63. The largest absolute Gasteiger partial charge is 0.395 e. The molecule has 3 heteroatoms. The van der Waals surface area contributed by atoms with Crippen LogP contribution < -0.4 is 0 Å². The van der Waals surface area contributed by atoms with E-state index in [4.69, 9.17) is 10.4 Å². The number of aliphatic hydroxyl groups is 1. The number of nitrogens with zero attached hydrogens (tertiary/aromatic N) is 2. The molecule has 1 rings (SSSR count). The van der Waals surface area contributed by atoms with E-state index in [1.54, 1.807) is 0 Å². The summed E-state index contributed by atoms with van der Waals surface area (Å²) >= 11 is 0. The van der Waals surface area contributed by atoms with Crippen molar-refractivity contribution in [2.45, 2.75) is 26.4 Å². The van der Waals surface area contributed by atoms with E-state index in [1.807, 2.05) is 24.3 Å². The Balaban J connectivity index is 2.81. The number of benzene rings is 1. The third-order valence-electron chi connectivity index (χ3n) is 2.63. The number of nitriles is 1. The van der Waals surface area contributed by atoms with Gasteiger partial charge in [0.2, 0.25) is 0 Å². The van der Waals surface area contributed by atoms with Gasteiger partial charge in [0.25, 0.3) is 0 Å². The molecular weight excluding hydrogens is 200 g/mol. The van der Waals surface area contributed by atoms with Crippen LogP contribution in [0.2, 0.25) is 0 Å². The molecule has 0 aromatic heterocycles. The Morgan fingerprint density at radius 3 is 2.62 bits per heavy atom. The van der Waals surface area contributed by atoms with Gasteiger partial charge in [-0.05, 0) is 25.5 Å². The van der Waals surface area contributed by atoms with Gasteiger partial charge in [0.1, 0.15) is 0 Å². The summed E-state index contributed by atoms with van der Waals surface area (Å²) in [5.74, 6) is 0. The average molecular weight is 218 g/mol. The maximum absolute atomic E-state index is 8.98. The molecule has 1 aromatic carbocycles. The monoisotopic (exact) mass is 218 g/mol. The standard InChI is InChI=1S/C13H18N2O/c1-11(2)15(7-8-16)10-13-6-4-3-5-12(13)9-14/h3-6,11,16H,7-8,10H2,1-2H3. The molecule has 0 heterocycles. The van der Waals surface area contributed by atoms with Crippen molar-refractivity contribution in [2.24, 2.45) is 0 Å². The van der Waals surface area contributed by atoms with Crippen molar-refractivity contribution in [3.05, 3.63) is 35.4 Å².